The fourth-order valence-corrected chi connectivity index (χ4v) is 7.86. The van der Waals surface area contributed by atoms with Crippen LogP contribution in [0.2, 0.25) is 0 Å². The van der Waals surface area contributed by atoms with Crippen LogP contribution in [0.1, 0.15) is 147 Å². The van der Waals surface area contributed by atoms with Gasteiger partial charge >= 0.3 is 0 Å². The van der Waals surface area contributed by atoms with E-state index < -0.39 is 0 Å². The molecule has 48 heavy (non-hydrogen) atoms. The maximum Gasteiger partial charge on any atom is 0.137 e. The van der Waals surface area contributed by atoms with E-state index in [0.717, 1.165) is 91.0 Å². The highest BCUT2D eigenvalue weighted by Gasteiger charge is 2.32. The molecule has 0 fully saturated rings. The Bertz CT molecular complexity index is 1440. The average molecular weight is 724 g/mol. The zero-order valence-corrected chi connectivity index (χ0v) is 31.3. The van der Waals surface area contributed by atoms with Crippen molar-refractivity contribution in [2.24, 2.45) is 11.8 Å². The van der Waals surface area contributed by atoms with Crippen LogP contribution in [0.15, 0.2) is 70.3 Å². The fraction of sp³-hybridized carbons (Fsp3) is 0.535. The second-order valence-electron chi connectivity index (χ2n) is 14.2. The first-order chi connectivity index (χ1) is 22.3. The Morgan fingerprint density at radius 2 is 1.15 bits per heavy atom. The Hall–Kier alpha value is -2.92. The van der Waals surface area contributed by atoms with Crippen molar-refractivity contribution in [1.29, 1.82) is 0 Å². The lowest BCUT2D eigenvalue weighted by Crippen LogP contribution is -2.17. The van der Waals surface area contributed by atoms with Crippen LogP contribution in [-0.2, 0) is 12.8 Å². The zero-order valence-electron chi connectivity index (χ0n) is 29.8. The quantitative estimate of drug-likeness (QED) is 0.130. The maximum absolute atomic E-state index is 10.8. The minimum absolute atomic E-state index is 0. The van der Waals surface area contributed by atoms with Crippen molar-refractivity contribution in [3.63, 3.8) is 0 Å². The van der Waals surface area contributed by atoms with Gasteiger partial charge in [0.1, 0.15) is 23.0 Å². The second-order valence-corrected chi connectivity index (χ2v) is 14.9. The molecule has 2 aromatic rings. The molecule has 0 heterocycles. The van der Waals surface area contributed by atoms with Crippen LogP contribution < -0.4 is 0 Å². The molecule has 4 nitrogen and oxygen atoms in total. The molecular formula is C43H63BrO4. The maximum atomic E-state index is 10.8. The predicted molar refractivity (Wildman–Crippen MR) is 209 cm³/mol. The highest BCUT2D eigenvalue weighted by Crippen LogP contribution is 2.50. The van der Waals surface area contributed by atoms with Crippen molar-refractivity contribution in [3.8, 4) is 23.0 Å². The predicted octanol–water partition coefficient (Wildman–Crippen LogP) is 13.1. The summed E-state index contributed by atoms with van der Waals surface area (Å²) in [6, 6.07) is 5.48. The first-order valence-electron chi connectivity index (χ1n) is 17.7. The van der Waals surface area contributed by atoms with E-state index in [1.54, 1.807) is 0 Å². The van der Waals surface area contributed by atoms with Gasteiger partial charge in [0.05, 0.1) is 4.47 Å². The Morgan fingerprint density at radius 3 is 1.60 bits per heavy atom. The summed E-state index contributed by atoms with van der Waals surface area (Å²) in [6.07, 6.45) is 17.1. The van der Waals surface area contributed by atoms with Crippen LogP contribution in [0.4, 0.5) is 0 Å². The summed E-state index contributed by atoms with van der Waals surface area (Å²) in [7, 11) is 0. The largest absolute Gasteiger partial charge is 0.507 e. The summed E-state index contributed by atoms with van der Waals surface area (Å²) >= 11 is 3.55. The highest BCUT2D eigenvalue weighted by molar-refractivity contribution is 9.10. The van der Waals surface area contributed by atoms with Gasteiger partial charge in [-0.2, -0.15) is 0 Å². The normalized spacial score (nSPS) is 20.5. The third kappa shape index (κ3) is 10.5. The third-order valence-corrected chi connectivity index (χ3v) is 11.0. The lowest BCUT2D eigenvalue weighted by atomic mass is 9.73. The molecule has 2 aliphatic carbocycles. The van der Waals surface area contributed by atoms with Crippen molar-refractivity contribution < 1.29 is 20.4 Å². The van der Waals surface area contributed by atoms with Crippen LogP contribution in [0.3, 0.4) is 0 Å². The second kappa shape index (κ2) is 19.3. The minimum Gasteiger partial charge on any atom is -0.507 e. The summed E-state index contributed by atoms with van der Waals surface area (Å²) in [4.78, 5) is 0. The smallest absolute Gasteiger partial charge is 0.137 e. The van der Waals surface area contributed by atoms with Gasteiger partial charge in [-0.25, -0.2) is 0 Å². The van der Waals surface area contributed by atoms with Gasteiger partial charge in [-0.05, 0) is 136 Å². The number of benzene rings is 2. The van der Waals surface area contributed by atoms with Crippen molar-refractivity contribution in [1.82, 2.24) is 0 Å². The molecule has 0 bridgehead atoms. The molecule has 4 N–H and O–H groups in total. The van der Waals surface area contributed by atoms with E-state index in [2.05, 4.69) is 68.9 Å². The number of halogens is 1. The molecule has 2 aromatic carbocycles. The fourth-order valence-electron chi connectivity index (χ4n) is 7.33. The lowest BCUT2D eigenvalue weighted by Gasteiger charge is -2.31. The lowest BCUT2D eigenvalue weighted by molar-refractivity contribution is 0.403. The number of unbranched alkanes of at least 4 members (excludes halogenated alkanes) is 4. The van der Waals surface area contributed by atoms with E-state index in [9.17, 15) is 20.4 Å². The molecule has 266 valence electrons. The van der Waals surface area contributed by atoms with Gasteiger partial charge in [0.25, 0.3) is 0 Å². The molecule has 4 atom stereocenters. The topological polar surface area (TPSA) is 80.9 Å². The average Bonchev–Trinajstić information content (AvgIpc) is 3.00. The van der Waals surface area contributed by atoms with Crippen LogP contribution in [0.5, 0.6) is 23.0 Å². The molecule has 0 saturated heterocycles. The third-order valence-electron chi connectivity index (χ3n) is 10.1. The molecule has 0 aliphatic heterocycles. The standard InChI is InChI=1S/C21H29BrO2.C21H30O2.CH4/c1-5-6-7-8-15-12-18(23)19(21(24)20(15)22)17-11-14(4)9-10-16(17)13(2)3;1-5-6-7-8-16-12-19(22)21(20(23)13-16)18-11-15(4)9-10-17(18)14(2)3;/h11-12,16-17,23-24H,2,5-10H2,1,3-4H3;11-13,17-18,22-23H,2,5-10H2,1,3-4H3;1H4/t16-,17+;17-,18+;/m00./s1. The summed E-state index contributed by atoms with van der Waals surface area (Å²) < 4.78 is 0.725. The SMILES string of the molecule is C.C=C(C)[C@@H]1CCC(C)=C[C@H]1c1c(O)cc(CCCCC)c(Br)c1O.C=C(C)[C@@H]1CCC(C)=C[C@H]1c1c(O)cc(CCCCC)cc1O. The summed E-state index contributed by atoms with van der Waals surface area (Å²) in [6.45, 7) is 20.9. The molecule has 4 rings (SSSR count). The van der Waals surface area contributed by atoms with Crippen molar-refractivity contribution >= 4 is 15.9 Å². The number of aromatic hydroxyl groups is 4. The van der Waals surface area contributed by atoms with E-state index in [0.29, 0.717) is 11.1 Å². The molecule has 0 radical (unpaired) electrons. The van der Waals surface area contributed by atoms with Crippen molar-refractivity contribution in [3.05, 3.63) is 92.5 Å². The zero-order chi connectivity index (χ0) is 34.8. The number of hydrogen-bond donors (Lipinski definition) is 4. The molecule has 0 unspecified atom stereocenters. The Morgan fingerprint density at radius 1 is 0.708 bits per heavy atom. The van der Waals surface area contributed by atoms with Gasteiger partial charge in [0.15, 0.2) is 0 Å². The number of phenols is 4. The highest BCUT2D eigenvalue weighted by atomic mass is 79.9. The Labute approximate surface area is 300 Å². The summed E-state index contributed by atoms with van der Waals surface area (Å²) in [5.41, 5.74) is 8.13. The van der Waals surface area contributed by atoms with Crippen LogP contribution >= 0.6 is 15.9 Å². The van der Waals surface area contributed by atoms with Gasteiger partial charge in [-0.15, -0.1) is 0 Å². The molecule has 5 heteroatoms. The molecule has 0 spiro atoms. The van der Waals surface area contributed by atoms with Gasteiger partial charge in [-0.3, -0.25) is 0 Å². The van der Waals surface area contributed by atoms with Gasteiger partial charge in [-0.1, -0.05) is 94.6 Å². The van der Waals surface area contributed by atoms with Crippen LogP contribution in [0.25, 0.3) is 0 Å². The number of aryl methyl sites for hydroxylation is 2. The van der Waals surface area contributed by atoms with E-state index in [1.807, 2.05) is 32.0 Å². The van der Waals surface area contributed by atoms with Crippen molar-refractivity contribution in [2.45, 2.75) is 138 Å². The summed E-state index contributed by atoms with van der Waals surface area (Å²) in [5.74, 6) is 1.36. The van der Waals surface area contributed by atoms with E-state index in [1.165, 1.54) is 24.0 Å². The monoisotopic (exact) mass is 722 g/mol. The molecule has 0 amide bonds. The van der Waals surface area contributed by atoms with Crippen molar-refractivity contribution in [2.75, 3.05) is 0 Å². The molecular weight excluding hydrogens is 660 g/mol. The number of hydrogen-bond acceptors (Lipinski definition) is 4. The van der Waals surface area contributed by atoms with Gasteiger partial charge in [0, 0.05) is 23.0 Å². The molecule has 0 aromatic heterocycles. The number of phenolic OH excluding ortho intramolecular Hbond substituents is 4. The Kier molecular flexibility index (Phi) is 16.6. The molecule has 0 saturated carbocycles. The molecule has 2 aliphatic rings. The van der Waals surface area contributed by atoms with E-state index >= 15 is 0 Å². The Balaban J connectivity index is 0.000000327. The number of allylic oxidation sites excluding steroid dienone is 6. The van der Waals surface area contributed by atoms with E-state index in [-0.39, 0.29) is 54.1 Å². The minimum atomic E-state index is -0.0164. The van der Waals surface area contributed by atoms with Gasteiger partial charge < -0.3 is 20.4 Å². The van der Waals surface area contributed by atoms with Crippen LogP contribution in [0, 0.1) is 11.8 Å². The van der Waals surface area contributed by atoms with Gasteiger partial charge in [0.2, 0.25) is 0 Å². The summed E-state index contributed by atoms with van der Waals surface area (Å²) in [5, 5.41) is 42.5. The number of rotatable bonds is 12. The van der Waals surface area contributed by atoms with E-state index in [4.69, 9.17) is 0 Å². The van der Waals surface area contributed by atoms with Crippen LogP contribution in [-0.4, -0.2) is 20.4 Å². The first-order valence-corrected chi connectivity index (χ1v) is 18.5. The first kappa shape index (κ1) is 41.3.